The van der Waals surface area contributed by atoms with Gasteiger partial charge in [-0.1, -0.05) is 31.2 Å². The molecule has 3 nitrogen and oxygen atoms in total. The van der Waals surface area contributed by atoms with Crippen molar-refractivity contribution in [3.05, 3.63) is 59.7 Å². The molecule has 0 radical (unpaired) electrons. The molecule has 0 fully saturated rings. The summed E-state index contributed by atoms with van der Waals surface area (Å²) >= 11 is 0. The number of methoxy groups -OCH3 is 1. The zero-order chi connectivity index (χ0) is 14.6. The summed E-state index contributed by atoms with van der Waals surface area (Å²) in [5.74, 6) is 1.02. The Bertz CT molecular complexity index is 611. The fourth-order valence-corrected chi connectivity index (χ4v) is 2.32. The summed E-state index contributed by atoms with van der Waals surface area (Å²) in [5, 5.41) is 18.6. The van der Waals surface area contributed by atoms with E-state index in [-0.39, 0.29) is 5.75 Å². The lowest BCUT2D eigenvalue weighted by Gasteiger charge is -2.28. The van der Waals surface area contributed by atoms with E-state index in [1.165, 1.54) is 0 Å². The molecule has 2 rings (SSSR count). The molecular formula is C17H17NO2. The number of nitrogens with zero attached hydrogens (tertiary/aromatic N) is 1. The summed E-state index contributed by atoms with van der Waals surface area (Å²) in [6, 6.07) is 17.0. The fraction of sp³-hybridized carbons (Fsp3) is 0.235. The van der Waals surface area contributed by atoms with Gasteiger partial charge in [-0.05, 0) is 35.4 Å². The third kappa shape index (κ3) is 2.60. The van der Waals surface area contributed by atoms with Crippen molar-refractivity contribution in [2.24, 2.45) is 0 Å². The zero-order valence-corrected chi connectivity index (χ0v) is 11.6. The summed E-state index contributed by atoms with van der Waals surface area (Å²) in [5.41, 5.74) is 1.64. The predicted molar refractivity (Wildman–Crippen MR) is 77.8 cm³/mol. The largest absolute Gasteiger partial charge is 0.508 e. The van der Waals surface area contributed by atoms with Crippen LogP contribution in [0, 0.1) is 11.3 Å². The molecule has 2 aromatic carbocycles. The highest BCUT2D eigenvalue weighted by Gasteiger charge is 2.28. The van der Waals surface area contributed by atoms with Gasteiger partial charge in [0.1, 0.15) is 11.5 Å². The predicted octanol–water partition coefficient (Wildman–Crippen LogP) is 3.62. The Labute approximate surface area is 119 Å². The van der Waals surface area contributed by atoms with E-state index in [0.29, 0.717) is 6.42 Å². The first-order valence-corrected chi connectivity index (χ1v) is 6.41. The average Bonchev–Trinajstić information content (AvgIpc) is 2.48. The van der Waals surface area contributed by atoms with Crippen LogP contribution in [-0.4, -0.2) is 12.2 Å². The van der Waals surface area contributed by atoms with E-state index in [4.69, 9.17) is 10.00 Å². The van der Waals surface area contributed by atoms with Crippen molar-refractivity contribution in [3.8, 4) is 17.6 Å². The van der Waals surface area contributed by atoms with Crippen molar-refractivity contribution >= 4 is 0 Å². The van der Waals surface area contributed by atoms with Crippen LogP contribution in [-0.2, 0) is 5.41 Å². The van der Waals surface area contributed by atoms with Gasteiger partial charge in [-0.3, -0.25) is 0 Å². The highest BCUT2D eigenvalue weighted by Crippen LogP contribution is 2.36. The Morgan fingerprint density at radius 2 is 1.55 bits per heavy atom. The first kappa shape index (κ1) is 14.0. The van der Waals surface area contributed by atoms with Gasteiger partial charge in [-0.2, -0.15) is 5.26 Å². The van der Waals surface area contributed by atoms with E-state index in [1.807, 2.05) is 43.3 Å². The normalized spacial score (nSPS) is 13.2. The van der Waals surface area contributed by atoms with Crippen molar-refractivity contribution in [1.29, 1.82) is 5.26 Å². The molecule has 20 heavy (non-hydrogen) atoms. The lowest BCUT2D eigenvalue weighted by atomic mass is 9.74. The van der Waals surface area contributed by atoms with Crippen LogP contribution in [0.25, 0.3) is 0 Å². The molecule has 0 heterocycles. The summed E-state index contributed by atoms with van der Waals surface area (Å²) in [4.78, 5) is 0. The number of benzene rings is 2. The number of hydrogen-bond donors (Lipinski definition) is 1. The highest BCUT2D eigenvalue weighted by molar-refractivity contribution is 5.43. The monoisotopic (exact) mass is 267 g/mol. The molecule has 0 amide bonds. The number of phenolic OH excluding ortho intramolecular Hbond substituents is 1. The van der Waals surface area contributed by atoms with Crippen molar-refractivity contribution in [1.82, 2.24) is 0 Å². The van der Waals surface area contributed by atoms with Gasteiger partial charge in [0, 0.05) is 11.8 Å². The molecule has 0 spiro atoms. The lowest BCUT2D eigenvalue weighted by molar-refractivity contribution is 0.414. The number of hydrogen-bond acceptors (Lipinski definition) is 3. The van der Waals surface area contributed by atoms with Gasteiger partial charge < -0.3 is 9.84 Å². The number of aromatic hydroxyl groups is 1. The Morgan fingerprint density at radius 3 is 2.00 bits per heavy atom. The van der Waals surface area contributed by atoms with Crippen LogP contribution in [0.15, 0.2) is 48.5 Å². The molecule has 2 aromatic rings. The Kier molecular flexibility index (Phi) is 3.95. The van der Waals surface area contributed by atoms with Gasteiger partial charge in [0.2, 0.25) is 0 Å². The first-order chi connectivity index (χ1) is 9.60. The third-order valence-corrected chi connectivity index (χ3v) is 3.66. The van der Waals surface area contributed by atoms with Crippen molar-refractivity contribution in [2.45, 2.75) is 18.8 Å². The summed E-state index contributed by atoms with van der Waals surface area (Å²) in [6.07, 6.45) is 0.365. The molecule has 102 valence electrons. The van der Waals surface area contributed by atoms with Crippen molar-refractivity contribution in [2.75, 3.05) is 7.11 Å². The van der Waals surface area contributed by atoms with E-state index >= 15 is 0 Å². The summed E-state index contributed by atoms with van der Waals surface area (Å²) < 4.78 is 5.17. The molecule has 0 saturated carbocycles. The standard InChI is InChI=1S/C17H17NO2/c1-17(11-12-18,13-3-7-15(19)8-4-13)14-5-9-16(20-2)10-6-14/h3-10,19H,11H2,1-2H3. The molecular weight excluding hydrogens is 250 g/mol. The summed E-state index contributed by atoms with van der Waals surface area (Å²) in [6.45, 7) is 2.03. The molecule has 0 aliphatic rings. The number of phenols is 1. The maximum Gasteiger partial charge on any atom is 0.118 e. The minimum Gasteiger partial charge on any atom is -0.508 e. The third-order valence-electron chi connectivity index (χ3n) is 3.66. The van der Waals surface area contributed by atoms with Crippen LogP contribution in [0.3, 0.4) is 0 Å². The maximum absolute atomic E-state index is 9.41. The molecule has 3 heteroatoms. The Balaban J connectivity index is 2.47. The molecule has 0 aliphatic carbocycles. The number of ether oxygens (including phenoxy) is 1. The molecule has 0 saturated heterocycles. The minimum atomic E-state index is -0.408. The van der Waals surface area contributed by atoms with Gasteiger partial charge in [-0.15, -0.1) is 0 Å². The van der Waals surface area contributed by atoms with Crippen LogP contribution >= 0.6 is 0 Å². The van der Waals surface area contributed by atoms with E-state index in [0.717, 1.165) is 16.9 Å². The van der Waals surface area contributed by atoms with Crippen LogP contribution in [0.2, 0.25) is 0 Å². The van der Waals surface area contributed by atoms with Gasteiger partial charge >= 0.3 is 0 Å². The van der Waals surface area contributed by atoms with Crippen molar-refractivity contribution in [3.63, 3.8) is 0 Å². The first-order valence-electron chi connectivity index (χ1n) is 6.41. The molecule has 1 atom stereocenters. The second kappa shape index (κ2) is 5.66. The fourth-order valence-electron chi connectivity index (χ4n) is 2.32. The van der Waals surface area contributed by atoms with Gasteiger partial charge in [0.15, 0.2) is 0 Å². The van der Waals surface area contributed by atoms with Crippen LogP contribution in [0.1, 0.15) is 24.5 Å². The minimum absolute atomic E-state index is 0.225. The number of nitriles is 1. The maximum atomic E-state index is 9.41. The smallest absolute Gasteiger partial charge is 0.118 e. The van der Waals surface area contributed by atoms with Crippen LogP contribution in [0.5, 0.6) is 11.5 Å². The summed E-state index contributed by atoms with van der Waals surface area (Å²) in [7, 11) is 1.63. The Morgan fingerprint density at radius 1 is 1.05 bits per heavy atom. The second-order valence-corrected chi connectivity index (χ2v) is 4.94. The molecule has 0 aromatic heterocycles. The van der Waals surface area contributed by atoms with E-state index in [1.54, 1.807) is 19.2 Å². The van der Waals surface area contributed by atoms with Gasteiger partial charge in [-0.25, -0.2) is 0 Å². The average molecular weight is 267 g/mol. The number of rotatable bonds is 4. The molecule has 0 bridgehead atoms. The Hall–Kier alpha value is -2.47. The van der Waals surface area contributed by atoms with Crippen LogP contribution in [0.4, 0.5) is 0 Å². The van der Waals surface area contributed by atoms with Crippen molar-refractivity contribution < 1.29 is 9.84 Å². The zero-order valence-electron chi connectivity index (χ0n) is 11.6. The second-order valence-electron chi connectivity index (χ2n) is 4.94. The van der Waals surface area contributed by atoms with Crippen LogP contribution < -0.4 is 4.74 Å². The van der Waals surface area contributed by atoms with Gasteiger partial charge in [0.05, 0.1) is 13.2 Å². The van der Waals surface area contributed by atoms with E-state index in [2.05, 4.69) is 6.07 Å². The highest BCUT2D eigenvalue weighted by atomic mass is 16.5. The van der Waals surface area contributed by atoms with E-state index in [9.17, 15) is 5.11 Å². The molecule has 0 aliphatic heterocycles. The quantitative estimate of drug-likeness (QED) is 0.920. The topological polar surface area (TPSA) is 53.2 Å². The molecule has 1 unspecified atom stereocenters. The molecule has 1 N–H and O–H groups in total. The lowest BCUT2D eigenvalue weighted by Crippen LogP contribution is -2.22. The SMILES string of the molecule is COc1ccc(C(C)(CC#N)c2ccc(O)cc2)cc1. The van der Waals surface area contributed by atoms with E-state index < -0.39 is 5.41 Å². The van der Waals surface area contributed by atoms with Gasteiger partial charge in [0.25, 0.3) is 0 Å².